The lowest BCUT2D eigenvalue weighted by Gasteiger charge is -2.15. The van der Waals surface area contributed by atoms with Crippen LogP contribution in [0.25, 0.3) is 0 Å². The highest BCUT2D eigenvalue weighted by atomic mass is 35.5. The van der Waals surface area contributed by atoms with Crippen molar-refractivity contribution in [3.8, 4) is 11.6 Å². The summed E-state index contributed by atoms with van der Waals surface area (Å²) in [7, 11) is 0. The molecule has 0 fully saturated rings. The maximum absolute atomic E-state index is 13.1. The molecule has 0 spiro atoms. The standard InChI is InChI=1S/C21H17Cl2FN2O2/c1-12-18(20(27)25-11-14-5-3-4-6-17(14)22)21(26-13(2)19(12)23)28-16-9-7-15(24)8-10-16/h3-10H,11H2,1-2H3,(H,25,27). The van der Waals surface area contributed by atoms with Gasteiger partial charge in [-0.15, -0.1) is 0 Å². The van der Waals surface area contributed by atoms with Crippen molar-refractivity contribution in [2.75, 3.05) is 0 Å². The molecule has 0 aliphatic carbocycles. The highest BCUT2D eigenvalue weighted by Crippen LogP contribution is 2.32. The Labute approximate surface area is 172 Å². The molecule has 0 aliphatic rings. The Morgan fingerprint density at radius 2 is 1.79 bits per heavy atom. The van der Waals surface area contributed by atoms with Crippen LogP contribution in [0.2, 0.25) is 10.0 Å². The first-order valence-electron chi connectivity index (χ1n) is 8.48. The Morgan fingerprint density at radius 3 is 2.46 bits per heavy atom. The number of hydrogen-bond donors (Lipinski definition) is 1. The normalized spacial score (nSPS) is 10.6. The summed E-state index contributed by atoms with van der Waals surface area (Å²) in [5, 5.41) is 3.76. The molecule has 2 aromatic carbocycles. The average Bonchev–Trinajstić information content (AvgIpc) is 2.67. The van der Waals surface area contributed by atoms with Gasteiger partial charge >= 0.3 is 0 Å². The lowest BCUT2D eigenvalue weighted by molar-refractivity contribution is 0.0947. The number of rotatable bonds is 5. The summed E-state index contributed by atoms with van der Waals surface area (Å²) < 4.78 is 18.9. The van der Waals surface area contributed by atoms with E-state index in [4.69, 9.17) is 27.9 Å². The van der Waals surface area contributed by atoms with Crippen LogP contribution in [0.3, 0.4) is 0 Å². The van der Waals surface area contributed by atoms with E-state index in [-0.39, 0.29) is 23.8 Å². The van der Waals surface area contributed by atoms with E-state index >= 15 is 0 Å². The van der Waals surface area contributed by atoms with Crippen LogP contribution in [0, 0.1) is 19.7 Å². The molecule has 3 aromatic rings. The molecule has 1 N–H and O–H groups in total. The Balaban J connectivity index is 1.91. The number of amides is 1. The molecular formula is C21H17Cl2FN2O2. The zero-order chi connectivity index (χ0) is 20.3. The van der Waals surface area contributed by atoms with E-state index in [1.807, 2.05) is 18.2 Å². The highest BCUT2D eigenvalue weighted by Gasteiger charge is 2.22. The maximum atomic E-state index is 13.1. The number of hydrogen-bond acceptors (Lipinski definition) is 3. The smallest absolute Gasteiger partial charge is 0.257 e. The fourth-order valence-corrected chi connectivity index (χ4v) is 3.00. The van der Waals surface area contributed by atoms with Gasteiger partial charge in [0.25, 0.3) is 5.91 Å². The van der Waals surface area contributed by atoms with Crippen molar-refractivity contribution >= 4 is 29.1 Å². The van der Waals surface area contributed by atoms with Gasteiger partial charge in [0.1, 0.15) is 17.1 Å². The van der Waals surface area contributed by atoms with Crippen molar-refractivity contribution in [1.29, 1.82) is 0 Å². The van der Waals surface area contributed by atoms with Crippen LogP contribution in [0.15, 0.2) is 48.5 Å². The van der Waals surface area contributed by atoms with Gasteiger partial charge in [-0.1, -0.05) is 41.4 Å². The van der Waals surface area contributed by atoms with E-state index in [1.165, 1.54) is 24.3 Å². The van der Waals surface area contributed by atoms with E-state index < -0.39 is 5.91 Å². The molecular weight excluding hydrogens is 402 g/mol. The van der Waals surface area contributed by atoms with Crippen molar-refractivity contribution in [2.24, 2.45) is 0 Å². The number of halogens is 3. The van der Waals surface area contributed by atoms with Gasteiger partial charge < -0.3 is 10.1 Å². The second kappa shape index (κ2) is 8.59. The zero-order valence-electron chi connectivity index (χ0n) is 15.2. The fourth-order valence-electron chi connectivity index (χ4n) is 2.66. The number of ether oxygens (including phenoxy) is 1. The quantitative estimate of drug-likeness (QED) is 0.563. The molecule has 3 rings (SSSR count). The molecule has 0 atom stereocenters. The topological polar surface area (TPSA) is 51.2 Å². The van der Waals surface area contributed by atoms with Crippen molar-refractivity contribution in [3.63, 3.8) is 0 Å². The molecule has 144 valence electrons. The largest absolute Gasteiger partial charge is 0.438 e. The molecule has 0 unspecified atom stereocenters. The minimum absolute atomic E-state index is 0.0997. The first-order chi connectivity index (χ1) is 13.4. The van der Waals surface area contributed by atoms with Crippen LogP contribution in [0.4, 0.5) is 4.39 Å². The van der Waals surface area contributed by atoms with Gasteiger partial charge in [-0.05, 0) is 55.3 Å². The average molecular weight is 419 g/mol. The number of carbonyl (C=O) groups is 1. The van der Waals surface area contributed by atoms with Gasteiger partial charge in [-0.2, -0.15) is 0 Å². The van der Waals surface area contributed by atoms with E-state index in [1.54, 1.807) is 19.9 Å². The zero-order valence-corrected chi connectivity index (χ0v) is 16.7. The number of pyridine rings is 1. The third kappa shape index (κ3) is 4.43. The number of nitrogens with one attached hydrogen (secondary N) is 1. The van der Waals surface area contributed by atoms with Gasteiger partial charge in [-0.3, -0.25) is 4.79 Å². The lowest BCUT2D eigenvalue weighted by Crippen LogP contribution is -2.25. The molecule has 1 heterocycles. The van der Waals surface area contributed by atoms with E-state index in [0.717, 1.165) is 5.56 Å². The molecule has 1 amide bonds. The second-order valence-corrected chi connectivity index (χ2v) is 6.93. The number of nitrogens with zero attached hydrogens (tertiary/aromatic N) is 1. The number of carbonyl (C=O) groups excluding carboxylic acids is 1. The lowest BCUT2D eigenvalue weighted by atomic mass is 10.1. The molecule has 0 radical (unpaired) electrons. The van der Waals surface area contributed by atoms with Gasteiger partial charge in [0.05, 0.1) is 10.7 Å². The molecule has 1 aromatic heterocycles. The minimum atomic E-state index is -0.399. The number of aromatic nitrogens is 1. The maximum Gasteiger partial charge on any atom is 0.257 e. The monoisotopic (exact) mass is 418 g/mol. The van der Waals surface area contributed by atoms with E-state index in [9.17, 15) is 9.18 Å². The summed E-state index contributed by atoms with van der Waals surface area (Å²) in [6.45, 7) is 3.68. The Bertz CT molecular complexity index is 1020. The van der Waals surface area contributed by atoms with Crippen LogP contribution in [-0.2, 0) is 6.54 Å². The van der Waals surface area contributed by atoms with Crippen molar-refractivity contribution in [3.05, 3.63) is 86.8 Å². The first kappa shape index (κ1) is 20.1. The van der Waals surface area contributed by atoms with Crippen molar-refractivity contribution in [1.82, 2.24) is 10.3 Å². The van der Waals surface area contributed by atoms with E-state index in [2.05, 4.69) is 10.3 Å². The third-order valence-electron chi connectivity index (χ3n) is 4.16. The van der Waals surface area contributed by atoms with Crippen LogP contribution in [0.5, 0.6) is 11.6 Å². The molecule has 0 saturated carbocycles. The minimum Gasteiger partial charge on any atom is -0.438 e. The van der Waals surface area contributed by atoms with Gasteiger partial charge in [0, 0.05) is 11.6 Å². The molecule has 0 saturated heterocycles. The van der Waals surface area contributed by atoms with Crippen LogP contribution >= 0.6 is 23.2 Å². The SMILES string of the molecule is Cc1nc(Oc2ccc(F)cc2)c(C(=O)NCc2ccccc2Cl)c(C)c1Cl. The predicted octanol–water partition coefficient (Wildman–Crippen LogP) is 5.87. The molecule has 0 aliphatic heterocycles. The summed E-state index contributed by atoms with van der Waals surface area (Å²) in [6.07, 6.45) is 0. The van der Waals surface area contributed by atoms with Crippen LogP contribution in [-0.4, -0.2) is 10.9 Å². The number of benzene rings is 2. The highest BCUT2D eigenvalue weighted by molar-refractivity contribution is 6.32. The Kier molecular flexibility index (Phi) is 6.17. The number of aryl methyl sites for hydroxylation is 1. The molecule has 4 nitrogen and oxygen atoms in total. The molecule has 7 heteroatoms. The van der Waals surface area contributed by atoms with Gasteiger partial charge in [0.2, 0.25) is 5.88 Å². The Morgan fingerprint density at radius 1 is 1.11 bits per heavy atom. The van der Waals surface area contributed by atoms with Crippen molar-refractivity contribution in [2.45, 2.75) is 20.4 Å². The van der Waals surface area contributed by atoms with E-state index in [0.29, 0.717) is 27.1 Å². The summed E-state index contributed by atoms with van der Waals surface area (Å²) >= 11 is 12.4. The summed E-state index contributed by atoms with van der Waals surface area (Å²) in [5.74, 6) is -0.330. The second-order valence-electron chi connectivity index (χ2n) is 6.15. The molecule has 28 heavy (non-hydrogen) atoms. The summed E-state index contributed by atoms with van der Waals surface area (Å²) in [5.41, 5.74) is 2.07. The summed E-state index contributed by atoms with van der Waals surface area (Å²) in [6, 6.07) is 12.7. The van der Waals surface area contributed by atoms with Gasteiger partial charge in [0.15, 0.2) is 0 Å². The first-order valence-corrected chi connectivity index (χ1v) is 9.24. The predicted molar refractivity (Wildman–Crippen MR) is 108 cm³/mol. The molecule has 0 bridgehead atoms. The summed E-state index contributed by atoms with van der Waals surface area (Å²) in [4.78, 5) is 17.2. The van der Waals surface area contributed by atoms with Gasteiger partial charge in [-0.25, -0.2) is 9.37 Å². The van der Waals surface area contributed by atoms with Crippen LogP contribution < -0.4 is 10.1 Å². The van der Waals surface area contributed by atoms with Crippen LogP contribution in [0.1, 0.15) is 27.2 Å². The third-order valence-corrected chi connectivity index (χ3v) is 5.08. The Hall–Kier alpha value is -2.63. The fraction of sp³-hybridized carbons (Fsp3) is 0.143. The van der Waals surface area contributed by atoms with Crippen molar-refractivity contribution < 1.29 is 13.9 Å².